The molecule has 0 aliphatic rings. The van der Waals surface area contributed by atoms with Crippen molar-refractivity contribution < 1.29 is 9.53 Å². The fourth-order valence-corrected chi connectivity index (χ4v) is 1.68. The minimum Gasteiger partial charge on any atom is -0.374 e. The van der Waals surface area contributed by atoms with Crippen molar-refractivity contribution in [2.45, 2.75) is 26.9 Å². The summed E-state index contributed by atoms with van der Waals surface area (Å²) in [6.07, 6.45) is 0.922. The number of hydrogen-bond acceptors (Lipinski definition) is 6. The van der Waals surface area contributed by atoms with Gasteiger partial charge in [0.15, 0.2) is 5.82 Å². The van der Waals surface area contributed by atoms with E-state index in [0.717, 1.165) is 6.42 Å². The van der Waals surface area contributed by atoms with Gasteiger partial charge in [-0.1, -0.05) is 6.92 Å². The van der Waals surface area contributed by atoms with E-state index in [-0.39, 0.29) is 12.5 Å². The molecule has 0 atom stereocenters. The molecule has 7 nitrogen and oxygen atoms in total. The molecule has 21 heavy (non-hydrogen) atoms. The predicted octanol–water partition coefficient (Wildman–Crippen LogP) is 1.02. The summed E-state index contributed by atoms with van der Waals surface area (Å²) in [7, 11) is 3.63. The second-order valence-corrected chi connectivity index (χ2v) is 4.62. The first-order valence-electron chi connectivity index (χ1n) is 7.22. The van der Waals surface area contributed by atoms with E-state index in [1.165, 1.54) is 0 Å². The average Bonchev–Trinajstić information content (AvgIpc) is 2.50. The molecule has 1 rings (SSSR count). The number of hydrogen-bond donors (Lipinski definition) is 2. The van der Waals surface area contributed by atoms with Gasteiger partial charge in [-0.15, -0.1) is 0 Å². The van der Waals surface area contributed by atoms with Crippen LogP contribution in [0.3, 0.4) is 0 Å². The number of carbonyl (C=O) groups excluding carboxylic acids is 1. The minimum absolute atomic E-state index is 0.0182. The Morgan fingerprint density at radius 1 is 1.38 bits per heavy atom. The zero-order valence-corrected chi connectivity index (χ0v) is 13.3. The van der Waals surface area contributed by atoms with Crippen LogP contribution in [0.4, 0.5) is 11.6 Å². The third-order valence-electron chi connectivity index (χ3n) is 2.79. The van der Waals surface area contributed by atoms with Crippen LogP contribution < -0.4 is 15.5 Å². The van der Waals surface area contributed by atoms with Crippen molar-refractivity contribution in [3.63, 3.8) is 0 Å². The number of nitrogens with one attached hydrogen (secondary N) is 2. The zero-order chi connectivity index (χ0) is 15.7. The van der Waals surface area contributed by atoms with Gasteiger partial charge in [0.2, 0.25) is 5.91 Å². The number of amides is 1. The van der Waals surface area contributed by atoms with Crippen molar-refractivity contribution in [2.75, 3.05) is 44.0 Å². The molecule has 2 N–H and O–H groups in total. The highest BCUT2D eigenvalue weighted by Crippen LogP contribution is 2.14. The average molecular weight is 295 g/mol. The topological polar surface area (TPSA) is 79.4 Å². The zero-order valence-electron chi connectivity index (χ0n) is 13.3. The summed E-state index contributed by atoms with van der Waals surface area (Å²) in [4.78, 5) is 22.3. The maximum absolute atomic E-state index is 11.8. The van der Waals surface area contributed by atoms with Crippen LogP contribution in [0.25, 0.3) is 0 Å². The van der Waals surface area contributed by atoms with Gasteiger partial charge < -0.3 is 20.3 Å². The molecule has 0 aliphatic carbocycles. The molecule has 0 saturated heterocycles. The SMILES string of the molecule is CCCNC(=O)CN(C)c1cc(NC)nc(COCC)n1. The molecular weight excluding hydrogens is 270 g/mol. The predicted molar refractivity (Wildman–Crippen MR) is 83.5 cm³/mol. The van der Waals surface area contributed by atoms with Gasteiger partial charge in [0.05, 0.1) is 6.54 Å². The molecule has 118 valence electrons. The lowest BCUT2D eigenvalue weighted by atomic mass is 10.4. The van der Waals surface area contributed by atoms with Crippen molar-refractivity contribution >= 4 is 17.5 Å². The Balaban J connectivity index is 2.77. The highest BCUT2D eigenvalue weighted by atomic mass is 16.5. The largest absolute Gasteiger partial charge is 0.374 e. The van der Waals surface area contributed by atoms with Gasteiger partial charge in [0.1, 0.15) is 18.2 Å². The molecule has 1 aromatic heterocycles. The maximum atomic E-state index is 11.8. The molecule has 0 unspecified atom stereocenters. The summed E-state index contributed by atoms with van der Waals surface area (Å²) in [5.41, 5.74) is 0. The number of rotatable bonds is 9. The summed E-state index contributed by atoms with van der Waals surface area (Å²) in [6.45, 7) is 5.86. The molecular formula is C14H25N5O2. The van der Waals surface area contributed by atoms with E-state index in [0.29, 0.717) is 37.2 Å². The van der Waals surface area contributed by atoms with Crippen LogP contribution in [0, 0.1) is 0 Å². The Labute approximate surface area is 126 Å². The van der Waals surface area contributed by atoms with Gasteiger partial charge in [-0.2, -0.15) is 0 Å². The molecule has 1 amide bonds. The molecule has 1 heterocycles. The molecule has 0 aliphatic heterocycles. The van der Waals surface area contributed by atoms with Gasteiger partial charge >= 0.3 is 0 Å². The van der Waals surface area contributed by atoms with Crippen LogP contribution in [0.15, 0.2) is 6.07 Å². The molecule has 0 saturated carbocycles. The van der Waals surface area contributed by atoms with E-state index >= 15 is 0 Å². The Bertz CT molecular complexity index is 453. The van der Waals surface area contributed by atoms with Gasteiger partial charge in [-0.3, -0.25) is 4.79 Å². The molecule has 0 spiro atoms. The summed E-state index contributed by atoms with van der Waals surface area (Å²) >= 11 is 0. The van der Waals surface area contributed by atoms with E-state index in [2.05, 4.69) is 20.6 Å². The molecule has 7 heteroatoms. The third-order valence-corrected chi connectivity index (χ3v) is 2.79. The summed E-state index contributed by atoms with van der Waals surface area (Å²) in [6, 6.07) is 1.81. The minimum atomic E-state index is -0.0182. The highest BCUT2D eigenvalue weighted by molar-refractivity contribution is 5.80. The van der Waals surface area contributed by atoms with Gasteiger partial charge in [-0.05, 0) is 13.3 Å². The number of anilines is 2. The van der Waals surface area contributed by atoms with Crippen LogP contribution in [0.5, 0.6) is 0 Å². The first kappa shape index (κ1) is 17.2. The van der Waals surface area contributed by atoms with Crippen LogP contribution >= 0.6 is 0 Å². The number of likely N-dealkylation sites (N-methyl/N-ethyl adjacent to an activating group) is 1. The Morgan fingerprint density at radius 2 is 2.14 bits per heavy atom. The fraction of sp³-hybridized carbons (Fsp3) is 0.643. The quantitative estimate of drug-likeness (QED) is 0.708. The monoisotopic (exact) mass is 295 g/mol. The van der Waals surface area contributed by atoms with Crippen molar-refractivity contribution in [3.05, 3.63) is 11.9 Å². The maximum Gasteiger partial charge on any atom is 0.239 e. The van der Waals surface area contributed by atoms with Gasteiger partial charge in [-0.25, -0.2) is 9.97 Å². The van der Waals surface area contributed by atoms with Gasteiger partial charge in [0.25, 0.3) is 0 Å². The highest BCUT2D eigenvalue weighted by Gasteiger charge is 2.11. The van der Waals surface area contributed by atoms with E-state index in [9.17, 15) is 4.79 Å². The number of aromatic nitrogens is 2. The van der Waals surface area contributed by atoms with Crippen LogP contribution in [0.2, 0.25) is 0 Å². The second kappa shape index (κ2) is 9.12. The van der Waals surface area contributed by atoms with E-state index in [4.69, 9.17) is 4.74 Å². The number of ether oxygens (including phenoxy) is 1. The number of carbonyl (C=O) groups is 1. The first-order valence-corrected chi connectivity index (χ1v) is 7.22. The summed E-state index contributed by atoms with van der Waals surface area (Å²) in [5, 5.41) is 5.84. The molecule has 0 aromatic carbocycles. The van der Waals surface area contributed by atoms with Gasteiger partial charge in [0, 0.05) is 33.3 Å². The second-order valence-electron chi connectivity index (χ2n) is 4.62. The first-order chi connectivity index (χ1) is 10.1. The Kier molecular flexibility index (Phi) is 7.45. The van der Waals surface area contributed by atoms with E-state index in [1.807, 2.05) is 27.0 Å². The van der Waals surface area contributed by atoms with Crippen LogP contribution in [0.1, 0.15) is 26.1 Å². The van der Waals surface area contributed by atoms with Crippen LogP contribution in [-0.4, -0.2) is 49.7 Å². The number of nitrogens with zero attached hydrogens (tertiary/aromatic N) is 3. The Hall–Kier alpha value is -1.89. The van der Waals surface area contributed by atoms with Crippen molar-refractivity contribution in [1.82, 2.24) is 15.3 Å². The third kappa shape index (κ3) is 5.95. The van der Waals surface area contributed by atoms with Crippen molar-refractivity contribution in [3.8, 4) is 0 Å². The lowest BCUT2D eigenvalue weighted by molar-refractivity contribution is -0.119. The lowest BCUT2D eigenvalue weighted by Crippen LogP contribution is -2.36. The summed E-state index contributed by atoms with van der Waals surface area (Å²) in [5.74, 6) is 1.97. The van der Waals surface area contributed by atoms with E-state index in [1.54, 1.807) is 11.9 Å². The standard InChI is InChI=1S/C14H25N5O2/c1-5-7-16-14(20)9-19(4)13-8-11(15-3)17-12(18-13)10-21-6-2/h8H,5-7,9-10H2,1-4H3,(H,16,20)(H,15,17,18). The van der Waals surface area contributed by atoms with Crippen molar-refractivity contribution in [2.24, 2.45) is 0 Å². The fourth-order valence-electron chi connectivity index (χ4n) is 1.68. The molecule has 0 fully saturated rings. The van der Waals surface area contributed by atoms with E-state index < -0.39 is 0 Å². The summed E-state index contributed by atoms with van der Waals surface area (Å²) < 4.78 is 5.34. The van der Waals surface area contributed by atoms with Crippen molar-refractivity contribution in [1.29, 1.82) is 0 Å². The Morgan fingerprint density at radius 3 is 2.76 bits per heavy atom. The lowest BCUT2D eigenvalue weighted by Gasteiger charge is -2.19. The normalized spacial score (nSPS) is 10.3. The molecule has 0 radical (unpaired) electrons. The molecule has 1 aromatic rings. The smallest absolute Gasteiger partial charge is 0.239 e. The van der Waals surface area contributed by atoms with Crippen LogP contribution in [-0.2, 0) is 16.1 Å². The molecule has 0 bridgehead atoms.